The van der Waals surface area contributed by atoms with Gasteiger partial charge in [0.1, 0.15) is 5.75 Å². The molecule has 0 atom stereocenters. The Hall–Kier alpha value is -0.290. The number of halogens is 1. The summed E-state index contributed by atoms with van der Waals surface area (Å²) in [5, 5.41) is 9.28. The standard InChI is InChI=1S/C12H17IO2/c1-8(2)4-9-6-12(15-3)11(13)5-10(9)7-14/h5-6,8,14H,4,7H2,1-3H3. The molecule has 0 saturated carbocycles. The van der Waals surface area contributed by atoms with Crippen molar-refractivity contribution < 1.29 is 9.84 Å². The van der Waals surface area contributed by atoms with Crippen molar-refractivity contribution in [2.24, 2.45) is 5.92 Å². The summed E-state index contributed by atoms with van der Waals surface area (Å²) in [6, 6.07) is 4.03. The zero-order valence-corrected chi connectivity index (χ0v) is 11.5. The maximum absolute atomic E-state index is 9.28. The van der Waals surface area contributed by atoms with Crippen molar-refractivity contribution in [2.45, 2.75) is 26.9 Å². The Kier molecular flexibility index (Phi) is 4.86. The van der Waals surface area contributed by atoms with Crippen LogP contribution in [0.2, 0.25) is 0 Å². The van der Waals surface area contributed by atoms with Crippen LogP contribution in [0, 0.1) is 9.49 Å². The van der Waals surface area contributed by atoms with Crippen LogP contribution in [0.4, 0.5) is 0 Å². The average Bonchev–Trinajstić information content (AvgIpc) is 2.19. The first-order chi connectivity index (χ1) is 7.08. The van der Waals surface area contributed by atoms with E-state index < -0.39 is 0 Å². The first-order valence-electron chi connectivity index (χ1n) is 5.04. The lowest BCUT2D eigenvalue weighted by molar-refractivity contribution is 0.280. The maximum Gasteiger partial charge on any atom is 0.132 e. The predicted octanol–water partition coefficient (Wildman–Crippen LogP) is 2.99. The number of ether oxygens (including phenoxy) is 1. The van der Waals surface area contributed by atoms with Crippen LogP contribution in [-0.2, 0) is 13.0 Å². The predicted molar refractivity (Wildman–Crippen MR) is 70.2 cm³/mol. The van der Waals surface area contributed by atoms with E-state index in [1.807, 2.05) is 12.1 Å². The van der Waals surface area contributed by atoms with E-state index in [-0.39, 0.29) is 6.61 Å². The molecular formula is C12H17IO2. The van der Waals surface area contributed by atoms with Crippen molar-refractivity contribution in [1.29, 1.82) is 0 Å². The summed E-state index contributed by atoms with van der Waals surface area (Å²) in [5.41, 5.74) is 2.19. The molecule has 1 rings (SSSR count). The van der Waals surface area contributed by atoms with Gasteiger partial charge in [0.25, 0.3) is 0 Å². The second-order valence-corrected chi connectivity index (χ2v) is 5.17. The molecule has 1 N–H and O–H groups in total. The lowest BCUT2D eigenvalue weighted by Gasteiger charge is -2.13. The van der Waals surface area contributed by atoms with Crippen LogP contribution < -0.4 is 4.74 Å². The van der Waals surface area contributed by atoms with Gasteiger partial charge in [0.15, 0.2) is 0 Å². The van der Waals surface area contributed by atoms with Crippen LogP contribution in [0.5, 0.6) is 5.75 Å². The minimum atomic E-state index is 0.0993. The van der Waals surface area contributed by atoms with Gasteiger partial charge in [0.05, 0.1) is 17.3 Å². The molecule has 0 amide bonds. The maximum atomic E-state index is 9.28. The van der Waals surface area contributed by atoms with Gasteiger partial charge in [0.2, 0.25) is 0 Å². The average molecular weight is 320 g/mol. The van der Waals surface area contributed by atoms with E-state index in [2.05, 4.69) is 36.4 Å². The molecule has 0 aliphatic carbocycles. The highest BCUT2D eigenvalue weighted by Crippen LogP contribution is 2.26. The van der Waals surface area contributed by atoms with Gasteiger partial charge in [0, 0.05) is 0 Å². The van der Waals surface area contributed by atoms with E-state index in [4.69, 9.17) is 4.74 Å². The minimum Gasteiger partial charge on any atom is -0.496 e. The Labute approximate surface area is 105 Å². The smallest absolute Gasteiger partial charge is 0.132 e. The van der Waals surface area contributed by atoms with Crippen molar-refractivity contribution in [1.82, 2.24) is 0 Å². The molecule has 15 heavy (non-hydrogen) atoms. The second-order valence-electron chi connectivity index (χ2n) is 4.01. The van der Waals surface area contributed by atoms with Gasteiger partial charge in [-0.2, -0.15) is 0 Å². The number of hydrogen-bond acceptors (Lipinski definition) is 2. The van der Waals surface area contributed by atoms with Gasteiger partial charge in [-0.15, -0.1) is 0 Å². The van der Waals surface area contributed by atoms with Crippen molar-refractivity contribution in [3.05, 3.63) is 26.8 Å². The summed E-state index contributed by atoms with van der Waals surface area (Å²) < 4.78 is 6.33. The number of methoxy groups -OCH3 is 1. The summed E-state index contributed by atoms with van der Waals surface area (Å²) in [6.45, 7) is 4.44. The molecule has 2 nitrogen and oxygen atoms in total. The molecule has 0 saturated heterocycles. The third-order valence-electron chi connectivity index (χ3n) is 2.27. The second kappa shape index (κ2) is 5.70. The Morgan fingerprint density at radius 3 is 2.47 bits per heavy atom. The van der Waals surface area contributed by atoms with Crippen LogP contribution in [0.25, 0.3) is 0 Å². The van der Waals surface area contributed by atoms with E-state index in [1.165, 1.54) is 5.56 Å². The van der Waals surface area contributed by atoms with Crippen LogP contribution in [-0.4, -0.2) is 12.2 Å². The number of aliphatic hydroxyl groups excluding tert-OH is 1. The fourth-order valence-corrected chi connectivity index (χ4v) is 2.32. The molecule has 3 heteroatoms. The molecule has 0 aliphatic heterocycles. The van der Waals surface area contributed by atoms with Gasteiger partial charge >= 0.3 is 0 Å². The first kappa shape index (κ1) is 12.8. The number of benzene rings is 1. The zero-order chi connectivity index (χ0) is 11.4. The molecule has 0 spiro atoms. The molecule has 0 radical (unpaired) electrons. The molecule has 84 valence electrons. The lowest BCUT2D eigenvalue weighted by atomic mass is 9.98. The van der Waals surface area contributed by atoms with E-state index in [0.717, 1.165) is 21.3 Å². The molecule has 1 aromatic carbocycles. The van der Waals surface area contributed by atoms with Crippen LogP contribution >= 0.6 is 22.6 Å². The fraction of sp³-hybridized carbons (Fsp3) is 0.500. The van der Waals surface area contributed by atoms with Crippen molar-refractivity contribution in [3.8, 4) is 5.75 Å². The highest BCUT2D eigenvalue weighted by atomic mass is 127. The van der Waals surface area contributed by atoms with Crippen molar-refractivity contribution in [2.75, 3.05) is 7.11 Å². The van der Waals surface area contributed by atoms with Crippen molar-refractivity contribution in [3.63, 3.8) is 0 Å². The third-order valence-corrected chi connectivity index (χ3v) is 3.12. The van der Waals surface area contributed by atoms with Crippen molar-refractivity contribution >= 4 is 22.6 Å². The first-order valence-corrected chi connectivity index (χ1v) is 6.12. The van der Waals surface area contributed by atoms with Crippen LogP contribution in [0.3, 0.4) is 0 Å². The third kappa shape index (κ3) is 3.34. The van der Waals surface area contributed by atoms with Gasteiger partial charge in [-0.1, -0.05) is 13.8 Å². The SMILES string of the molecule is COc1cc(CC(C)C)c(CO)cc1I. The molecule has 1 aromatic rings. The molecular weight excluding hydrogens is 303 g/mol. The molecule has 0 bridgehead atoms. The quantitative estimate of drug-likeness (QED) is 0.864. The Bertz CT molecular complexity index is 335. The molecule has 0 heterocycles. The Balaban J connectivity index is 3.10. The number of aliphatic hydroxyl groups is 1. The molecule has 0 aliphatic rings. The summed E-state index contributed by atoms with van der Waals surface area (Å²) in [4.78, 5) is 0. The fourth-order valence-electron chi connectivity index (χ4n) is 1.57. The largest absolute Gasteiger partial charge is 0.496 e. The van der Waals surface area contributed by atoms with Gasteiger partial charge in [-0.3, -0.25) is 0 Å². The number of hydrogen-bond donors (Lipinski definition) is 1. The normalized spacial score (nSPS) is 10.8. The van der Waals surface area contributed by atoms with Gasteiger partial charge in [-0.05, 0) is 58.2 Å². The topological polar surface area (TPSA) is 29.5 Å². The van der Waals surface area contributed by atoms with E-state index in [1.54, 1.807) is 7.11 Å². The monoisotopic (exact) mass is 320 g/mol. The van der Waals surface area contributed by atoms with Gasteiger partial charge in [-0.25, -0.2) is 0 Å². The molecule has 0 unspecified atom stereocenters. The number of rotatable bonds is 4. The highest BCUT2D eigenvalue weighted by Gasteiger charge is 2.09. The van der Waals surface area contributed by atoms with Gasteiger partial charge < -0.3 is 9.84 Å². The summed E-state index contributed by atoms with van der Waals surface area (Å²) in [7, 11) is 1.68. The lowest BCUT2D eigenvalue weighted by Crippen LogP contribution is -2.01. The summed E-state index contributed by atoms with van der Waals surface area (Å²) >= 11 is 2.22. The Morgan fingerprint density at radius 1 is 1.33 bits per heavy atom. The summed E-state index contributed by atoms with van der Waals surface area (Å²) in [5.74, 6) is 1.48. The zero-order valence-electron chi connectivity index (χ0n) is 9.38. The molecule has 0 fully saturated rings. The minimum absolute atomic E-state index is 0.0993. The van der Waals surface area contributed by atoms with E-state index in [0.29, 0.717) is 5.92 Å². The molecule has 0 aromatic heterocycles. The van der Waals surface area contributed by atoms with E-state index >= 15 is 0 Å². The highest BCUT2D eigenvalue weighted by molar-refractivity contribution is 14.1. The van der Waals surface area contributed by atoms with Crippen LogP contribution in [0.1, 0.15) is 25.0 Å². The van der Waals surface area contributed by atoms with E-state index in [9.17, 15) is 5.11 Å². The Morgan fingerprint density at radius 2 is 2.00 bits per heavy atom. The van der Waals surface area contributed by atoms with Crippen LogP contribution in [0.15, 0.2) is 12.1 Å². The summed E-state index contributed by atoms with van der Waals surface area (Å²) in [6.07, 6.45) is 0.975.